The zero-order chi connectivity index (χ0) is 8.97. The van der Waals surface area contributed by atoms with E-state index in [1.807, 2.05) is 4.90 Å². The maximum absolute atomic E-state index is 3.91. The minimum Gasteiger partial charge on any atom is -0.357 e. The monoisotopic (exact) mass is 172 g/mol. The van der Waals surface area contributed by atoms with Gasteiger partial charge in [0.15, 0.2) is 0 Å². The van der Waals surface area contributed by atoms with Crippen molar-refractivity contribution in [3.63, 3.8) is 0 Å². The topological polar surface area (TPSA) is 32.1 Å². The third kappa shape index (κ3) is 2.46. The van der Waals surface area contributed by atoms with Gasteiger partial charge in [0.05, 0.1) is 25.2 Å². The Morgan fingerprint density at radius 3 is 2.33 bits per heavy atom. The van der Waals surface area contributed by atoms with Crippen LogP contribution in [0.1, 0.15) is 39.5 Å². The van der Waals surface area contributed by atoms with Crippen LogP contribution in [-0.2, 0) is 0 Å². The van der Waals surface area contributed by atoms with Gasteiger partial charge in [-0.1, -0.05) is 0 Å². The second kappa shape index (κ2) is 4.83. The van der Waals surface area contributed by atoms with Gasteiger partial charge in [0, 0.05) is 6.42 Å². The zero-order valence-corrected chi connectivity index (χ0v) is 8.60. The normalized spacial score (nSPS) is 36.8. The molecule has 1 aliphatic rings. The van der Waals surface area contributed by atoms with Crippen LogP contribution in [0.15, 0.2) is 0 Å². The van der Waals surface area contributed by atoms with Crippen molar-refractivity contribution in [2.45, 2.75) is 51.6 Å². The molecule has 4 N–H and O–H groups in total. The minimum atomic E-state index is 0.889. The first kappa shape index (κ1) is 10.0. The van der Waals surface area contributed by atoms with Gasteiger partial charge < -0.3 is 10.6 Å². The molecule has 1 rings (SSSR count). The van der Waals surface area contributed by atoms with E-state index in [2.05, 4.69) is 19.6 Å². The third-order valence-electron chi connectivity index (χ3n) is 3.26. The fourth-order valence-corrected chi connectivity index (χ4v) is 2.41. The van der Waals surface area contributed by atoms with Crippen LogP contribution in [0.4, 0.5) is 0 Å². The molecule has 1 fully saturated rings. The molecule has 1 heterocycles. The Morgan fingerprint density at radius 1 is 1.25 bits per heavy atom. The summed E-state index contributed by atoms with van der Waals surface area (Å²) in [6, 6.07) is 1.78. The van der Waals surface area contributed by atoms with Crippen LogP contribution in [0.25, 0.3) is 0 Å². The van der Waals surface area contributed by atoms with Gasteiger partial charge in [-0.25, -0.2) is 0 Å². The van der Waals surface area contributed by atoms with E-state index in [1.165, 1.54) is 32.2 Å². The fourth-order valence-electron chi connectivity index (χ4n) is 2.41. The highest BCUT2D eigenvalue weighted by molar-refractivity contribution is 4.61. The molecule has 2 nitrogen and oxygen atoms in total. The standard InChI is InChI=1S/C10H22N2/c1-9-5-3-6-10(2)12(9)8-4-7-11/h9-10H,3-8,11H2,1-2H3/p+2/t9-,10+. The quantitative estimate of drug-likeness (QED) is 0.573. The fraction of sp³-hybridized carbons (Fsp3) is 1.00. The maximum Gasteiger partial charge on any atom is 0.0848 e. The van der Waals surface area contributed by atoms with Crippen molar-refractivity contribution < 1.29 is 10.6 Å². The lowest BCUT2D eigenvalue weighted by Crippen LogP contribution is -3.19. The minimum absolute atomic E-state index is 0.889. The average molecular weight is 172 g/mol. The van der Waals surface area contributed by atoms with E-state index in [0.717, 1.165) is 18.6 Å². The van der Waals surface area contributed by atoms with Crippen molar-refractivity contribution in [2.75, 3.05) is 13.1 Å². The predicted molar refractivity (Wildman–Crippen MR) is 51.0 cm³/mol. The summed E-state index contributed by atoms with van der Waals surface area (Å²) in [5, 5.41) is 0. The summed E-state index contributed by atoms with van der Waals surface area (Å²) in [6.45, 7) is 7.23. The molecular weight excluding hydrogens is 148 g/mol. The van der Waals surface area contributed by atoms with Crippen LogP contribution in [0.5, 0.6) is 0 Å². The van der Waals surface area contributed by atoms with Gasteiger partial charge in [-0.3, -0.25) is 0 Å². The summed E-state index contributed by atoms with van der Waals surface area (Å²) < 4.78 is 0. The van der Waals surface area contributed by atoms with E-state index in [4.69, 9.17) is 0 Å². The predicted octanol–water partition coefficient (Wildman–Crippen LogP) is -0.536. The second-order valence-corrected chi connectivity index (χ2v) is 4.27. The number of likely N-dealkylation sites (tertiary alicyclic amines) is 1. The Bertz CT molecular complexity index is 115. The largest absolute Gasteiger partial charge is 0.357 e. The van der Waals surface area contributed by atoms with Crippen LogP contribution in [0.3, 0.4) is 0 Å². The molecule has 0 saturated carbocycles. The molecule has 1 aliphatic heterocycles. The third-order valence-corrected chi connectivity index (χ3v) is 3.26. The molecule has 3 atom stereocenters. The highest BCUT2D eigenvalue weighted by Gasteiger charge is 2.27. The molecule has 72 valence electrons. The van der Waals surface area contributed by atoms with E-state index >= 15 is 0 Å². The average Bonchev–Trinajstić information content (AvgIpc) is 2.04. The van der Waals surface area contributed by atoms with Gasteiger partial charge in [-0.05, 0) is 33.1 Å². The van der Waals surface area contributed by atoms with Gasteiger partial charge in [-0.15, -0.1) is 0 Å². The van der Waals surface area contributed by atoms with E-state index < -0.39 is 0 Å². The molecular formula is C10H24N2+2. The van der Waals surface area contributed by atoms with Crippen molar-refractivity contribution in [3.8, 4) is 0 Å². The molecule has 1 unspecified atom stereocenters. The van der Waals surface area contributed by atoms with Crippen LogP contribution in [0.2, 0.25) is 0 Å². The van der Waals surface area contributed by atoms with Gasteiger partial charge in [-0.2, -0.15) is 0 Å². The van der Waals surface area contributed by atoms with Gasteiger partial charge in [0.2, 0.25) is 0 Å². The van der Waals surface area contributed by atoms with E-state index in [0.29, 0.717) is 0 Å². The Labute approximate surface area is 76.1 Å². The van der Waals surface area contributed by atoms with E-state index in [9.17, 15) is 0 Å². The first-order chi connectivity index (χ1) is 5.75. The Morgan fingerprint density at radius 2 is 1.83 bits per heavy atom. The Balaban J connectivity index is 2.34. The summed E-state index contributed by atoms with van der Waals surface area (Å²) in [5.41, 5.74) is 3.91. The van der Waals surface area contributed by atoms with Crippen LogP contribution < -0.4 is 10.6 Å². The summed E-state index contributed by atoms with van der Waals surface area (Å²) in [4.78, 5) is 1.82. The van der Waals surface area contributed by atoms with Gasteiger partial charge in [0.1, 0.15) is 0 Å². The summed E-state index contributed by atoms with van der Waals surface area (Å²) in [7, 11) is 0. The lowest BCUT2D eigenvalue weighted by molar-refractivity contribution is -0.951. The van der Waals surface area contributed by atoms with Crippen molar-refractivity contribution in [1.82, 2.24) is 0 Å². The van der Waals surface area contributed by atoms with Gasteiger partial charge >= 0.3 is 0 Å². The lowest BCUT2D eigenvalue weighted by atomic mass is 9.97. The van der Waals surface area contributed by atoms with Crippen LogP contribution >= 0.6 is 0 Å². The van der Waals surface area contributed by atoms with E-state index in [-0.39, 0.29) is 0 Å². The highest BCUT2D eigenvalue weighted by atomic mass is 15.2. The first-order valence-corrected chi connectivity index (χ1v) is 5.40. The smallest absolute Gasteiger partial charge is 0.0848 e. The molecule has 0 aromatic carbocycles. The number of quaternary nitrogens is 2. The number of piperidine rings is 1. The maximum atomic E-state index is 3.91. The molecule has 12 heavy (non-hydrogen) atoms. The molecule has 1 saturated heterocycles. The summed E-state index contributed by atoms with van der Waals surface area (Å²) >= 11 is 0. The number of nitrogens with one attached hydrogen (secondary N) is 1. The van der Waals surface area contributed by atoms with Crippen molar-refractivity contribution in [2.24, 2.45) is 0 Å². The molecule has 0 spiro atoms. The van der Waals surface area contributed by atoms with Crippen molar-refractivity contribution in [1.29, 1.82) is 0 Å². The first-order valence-electron chi connectivity index (χ1n) is 5.40. The van der Waals surface area contributed by atoms with Crippen molar-refractivity contribution >= 4 is 0 Å². The number of hydrogen-bond acceptors (Lipinski definition) is 0. The Hall–Kier alpha value is -0.0800. The molecule has 0 aromatic heterocycles. The SMILES string of the molecule is C[C@@H]1CCC[C@H](C)[NH+]1CCC[NH3+]. The number of hydrogen-bond donors (Lipinski definition) is 2. The number of rotatable bonds is 3. The second-order valence-electron chi connectivity index (χ2n) is 4.27. The van der Waals surface area contributed by atoms with Gasteiger partial charge in [0.25, 0.3) is 0 Å². The van der Waals surface area contributed by atoms with Crippen LogP contribution in [-0.4, -0.2) is 25.2 Å². The van der Waals surface area contributed by atoms with Crippen LogP contribution in [0, 0.1) is 0 Å². The molecule has 0 radical (unpaired) electrons. The highest BCUT2D eigenvalue weighted by Crippen LogP contribution is 2.06. The summed E-state index contributed by atoms with van der Waals surface area (Å²) in [5.74, 6) is 0. The van der Waals surface area contributed by atoms with Crippen molar-refractivity contribution in [3.05, 3.63) is 0 Å². The lowest BCUT2D eigenvalue weighted by Gasteiger charge is -2.35. The molecule has 0 aromatic rings. The molecule has 2 heteroatoms. The summed E-state index contributed by atoms with van der Waals surface area (Å²) in [6.07, 6.45) is 5.59. The van der Waals surface area contributed by atoms with E-state index in [1.54, 1.807) is 0 Å². The Kier molecular flexibility index (Phi) is 4.02. The molecule has 0 aliphatic carbocycles. The molecule has 0 bridgehead atoms. The molecule has 0 amide bonds. The zero-order valence-electron chi connectivity index (χ0n) is 8.60.